The summed E-state index contributed by atoms with van der Waals surface area (Å²) in [5.41, 5.74) is 0.300. The van der Waals surface area contributed by atoms with Crippen LogP contribution in [-0.4, -0.2) is 34.6 Å². The lowest BCUT2D eigenvalue weighted by atomic mass is 9.86. The van der Waals surface area contributed by atoms with E-state index in [4.69, 9.17) is 9.47 Å². The molecule has 2 amide bonds. The van der Waals surface area contributed by atoms with Gasteiger partial charge >= 0.3 is 12.1 Å². The lowest BCUT2D eigenvalue weighted by Crippen LogP contribution is -2.62. The summed E-state index contributed by atoms with van der Waals surface area (Å²) in [6, 6.07) is 8.75. The molecule has 1 aliphatic rings. The molecule has 1 aromatic heterocycles. The summed E-state index contributed by atoms with van der Waals surface area (Å²) in [7, 11) is 0. The van der Waals surface area contributed by atoms with E-state index >= 15 is 0 Å². The van der Waals surface area contributed by atoms with Crippen LogP contribution in [0.15, 0.2) is 36.5 Å². The van der Waals surface area contributed by atoms with Crippen molar-refractivity contribution in [3.05, 3.63) is 47.0 Å². The van der Waals surface area contributed by atoms with Gasteiger partial charge < -0.3 is 14.8 Å². The number of aromatic nitrogens is 1. The zero-order chi connectivity index (χ0) is 21.7. The van der Waals surface area contributed by atoms with E-state index in [2.05, 4.69) is 15.6 Å². The van der Waals surface area contributed by atoms with Gasteiger partial charge in [0.1, 0.15) is 18.2 Å². The van der Waals surface area contributed by atoms with Gasteiger partial charge in [0.25, 0.3) is 0 Å². The monoisotopic (exact) mass is 431 g/mol. The average Bonchev–Trinajstić information content (AvgIpc) is 3.10. The molecule has 9 heteroatoms. The zero-order valence-electron chi connectivity index (χ0n) is 17.1. The molecule has 8 nitrogen and oxygen atoms in total. The second-order valence-corrected chi connectivity index (χ2v) is 9.10. The van der Waals surface area contributed by atoms with Gasteiger partial charge in [-0.1, -0.05) is 30.3 Å². The molecule has 2 heterocycles. The number of benzene rings is 1. The first-order valence-corrected chi connectivity index (χ1v) is 10.5. The fourth-order valence-corrected chi connectivity index (χ4v) is 3.74. The van der Waals surface area contributed by atoms with Crippen molar-refractivity contribution in [2.45, 2.75) is 51.9 Å². The van der Waals surface area contributed by atoms with Gasteiger partial charge in [0, 0.05) is 11.1 Å². The summed E-state index contributed by atoms with van der Waals surface area (Å²) in [5.74, 6) is -1.02. The van der Waals surface area contributed by atoms with Gasteiger partial charge in [-0.3, -0.25) is 10.1 Å². The number of ether oxygens (including phenoxy) is 2. The fourth-order valence-electron chi connectivity index (χ4n) is 2.93. The Balaban J connectivity index is 1.46. The number of hydrogen-bond acceptors (Lipinski definition) is 7. The third-order valence-electron chi connectivity index (χ3n) is 4.38. The molecule has 1 aromatic carbocycles. The third-order valence-corrected chi connectivity index (χ3v) is 5.35. The molecule has 3 rings (SSSR count). The number of hydrogen-bond donors (Lipinski definition) is 2. The van der Waals surface area contributed by atoms with Crippen LogP contribution in [0.2, 0.25) is 0 Å². The Morgan fingerprint density at radius 1 is 1.23 bits per heavy atom. The maximum absolute atomic E-state index is 12.3. The van der Waals surface area contributed by atoms with Crippen molar-refractivity contribution < 1.29 is 23.9 Å². The Morgan fingerprint density at radius 2 is 1.97 bits per heavy atom. The Hall–Kier alpha value is -2.94. The van der Waals surface area contributed by atoms with Crippen LogP contribution < -0.4 is 10.6 Å². The van der Waals surface area contributed by atoms with Crippen LogP contribution in [0.5, 0.6) is 0 Å². The topological polar surface area (TPSA) is 107 Å². The molecule has 2 aromatic rings. The molecule has 1 unspecified atom stereocenters. The predicted molar refractivity (Wildman–Crippen MR) is 112 cm³/mol. The van der Waals surface area contributed by atoms with E-state index in [-0.39, 0.29) is 12.5 Å². The Morgan fingerprint density at radius 3 is 2.63 bits per heavy atom. The van der Waals surface area contributed by atoms with Crippen LogP contribution in [0.3, 0.4) is 0 Å². The van der Waals surface area contributed by atoms with Gasteiger partial charge in [-0.15, -0.1) is 11.3 Å². The van der Waals surface area contributed by atoms with Gasteiger partial charge in [-0.05, 0) is 39.2 Å². The van der Waals surface area contributed by atoms with Crippen molar-refractivity contribution in [2.75, 3.05) is 5.32 Å². The first-order valence-electron chi connectivity index (χ1n) is 9.67. The second kappa shape index (κ2) is 9.25. The van der Waals surface area contributed by atoms with Crippen LogP contribution in [0.25, 0.3) is 0 Å². The molecule has 0 spiro atoms. The molecule has 160 valence electrons. The van der Waals surface area contributed by atoms with Gasteiger partial charge in [0.15, 0.2) is 5.13 Å². The number of carbonyl (C=O) groups excluding carboxylic acids is 3. The first kappa shape index (κ1) is 21.8. The van der Waals surface area contributed by atoms with E-state index in [1.54, 1.807) is 27.0 Å². The van der Waals surface area contributed by atoms with Crippen LogP contribution >= 0.6 is 11.3 Å². The summed E-state index contributed by atoms with van der Waals surface area (Å²) >= 11 is 1.31. The number of nitrogens with one attached hydrogen (secondary N) is 2. The smallest absolute Gasteiger partial charge is 0.413 e. The van der Waals surface area contributed by atoms with Crippen molar-refractivity contribution >= 4 is 34.4 Å². The average molecular weight is 432 g/mol. The largest absolute Gasteiger partial charge is 0.459 e. The fraction of sp³-hybridized carbons (Fsp3) is 0.429. The summed E-state index contributed by atoms with van der Waals surface area (Å²) in [6.07, 6.45) is 2.14. The van der Waals surface area contributed by atoms with E-state index in [9.17, 15) is 14.4 Å². The number of nitrogens with zero attached hydrogens (tertiary/aromatic N) is 1. The molecule has 0 saturated carbocycles. The SMILES string of the molecule is CC(C)(C)OC(=O)Nc1ncc(CCC2C(=O)N[C@@H]2C(=O)OCc2ccccc2)s1. The molecular formula is C21H25N3O5S. The normalized spacial score (nSPS) is 18.2. The van der Waals surface area contributed by atoms with E-state index in [0.29, 0.717) is 18.0 Å². The number of esters is 1. The predicted octanol–water partition coefficient (Wildman–Crippen LogP) is 3.28. The first-order chi connectivity index (χ1) is 14.2. The highest BCUT2D eigenvalue weighted by Crippen LogP contribution is 2.26. The van der Waals surface area contributed by atoms with Crippen LogP contribution in [0, 0.1) is 5.92 Å². The van der Waals surface area contributed by atoms with E-state index in [0.717, 1.165) is 10.4 Å². The molecule has 2 N–H and O–H groups in total. The number of anilines is 1. The lowest BCUT2D eigenvalue weighted by Gasteiger charge is -2.34. The highest BCUT2D eigenvalue weighted by molar-refractivity contribution is 7.15. The minimum atomic E-state index is -0.631. The molecule has 2 atom stereocenters. The zero-order valence-corrected chi connectivity index (χ0v) is 18.0. The molecule has 0 bridgehead atoms. The molecule has 0 radical (unpaired) electrons. The number of β-lactam (4-membered cyclic amide) rings is 1. The Labute approximate surface area is 179 Å². The number of rotatable bonds is 7. The van der Waals surface area contributed by atoms with E-state index in [1.165, 1.54) is 11.3 Å². The highest BCUT2D eigenvalue weighted by Gasteiger charge is 2.44. The van der Waals surface area contributed by atoms with Gasteiger partial charge in [-0.25, -0.2) is 14.6 Å². The van der Waals surface area contributed by atoms with Crippen LogP contribution in [0.4, 0.5) is 9.93 Å². The van der Waals surface area contributed by atoms with Crippen molar-refractivity contribution in [1.82, 2.24) is 10.3 Å². The van der Waals surface area contributed by atoms with Crippen molar-refractivity contribution in [3.63, 3.8) is 0 Å². The van der Waals surface area contributed by atoms with E-state index in [1.807, 2.05) is 30.3 Å². The Kier molecular flexibility index (Phi) is 6.71. The van der Waals surface area contributed by atoms with Crippen LogP contribution in [0.1, 0.15) is 37.6 Å². The van der Waals surface area contributed by atoms with Gasteiger partial charge in [0.05, 0.1) is 5.92 Å². The molecule has 1 fully saturated rings. The quantitative estimate of drug-likeness (QED) is 0.515. The highest BCUT2D eigenvalue weighted by atomic mass is 32.1. The molecule has 1 aliphatic heterocycles. The van der Waals surface area contributed by atoms with Gasteiger partial charge in [0.2, 0.25) is 5.91 Å². The molecular weight excluding hydrogens is 406 g/mol. The third kappa shape index (κ3) is 6.03. The van der Waals surface area contributed by atoms with Crippen LogP contribution in [-0.2, 0) is 32.1 Å². The van der Waals surface area contributed by atoms with Gasteiger partial charge in [-0.2, -0.15) is 0 Å². The maximum atomic E-state index is 12.3. The number of thiazole rings is 1. The molecule has 30 heavy (non-hydrogen) atoms. The number of carbonyl (C=O) groups is 3. The van der Waals surface area contributed by atoms with Crippen molar-refractivity contribution in [2.24, 2.45) is 5.92 Å². The Bertz CT molecular complexity index is 907. The summed E-state index contributed by atoms with van der Waals surface area (Å²) in [4.78, 5) is 41.1. The number of aryl methyl sites for hydroxylation is 1. The maximum Gasteiger partial charge on any atom is 0.413 e. The minimum Gasteiger partial charge on any atom is -0.459 e. The summed E-state index contributed by atoms with van der Waals surface area (Å²) in [5, 5.41) is 5.64. The standard InChI is InChI=1S/C21H25N3O5S/c1-21(2,3)29-20(27)24-19-22-11-14(30-19)9-10-15-16(23-17(15)25)18(26)28-12-13-7-5-4-6-8-13/h4-8,11,15-16H,9-10,12H2,1-3H3,(H,23,25)(H,22,24,27)/t15?,16-/m0/s1. The summed E-state index contributed by atoms with van der Waals surface area (Å²) in [6.45, 7) is 5.52. The van der Waals surface area contributed by atoms with Crippen molar-refractivity contribution in [1.29, 1.82) is 0 Å². The number of amides is 2. The van der Waals surface area contributed by atoms with Crippen molar-refractivity contribution in [3.8, 4) is 0 Å². The molecule has 1 saturated heterocycles. The minimum absolute atomic E-state index is 0.159. The molecule has 0 aliphatic carbocycles. The second-order valence-electron chi connectivity index (χ2n) is 7.98. The van der Waals surface area contributed by atoms with E-state index < -0.39 is 29.6 Å². The summed E-state index contributed by atoms with van der Waals surface area (Å²) < 4.78 is 10.5. The lowest BCUT2D eigenvalue weighted by molar-refractivity contribution is -0.159.